The Morgan fingerprint density at radius 3 is 1.74 bits per heavy atom. The van der Waals surface area contributed by atoms with Crippen LogP contribution in [0.3, 0.4) is 0 Å². The van der Waals surface area contributed by atoms with Gasteiger partial charge in [0, 0.05) is 6.42 Å². The van der Waals surface area contributed by atoms with Gasteiger partial charge in [-0.05, 0) is 38.5 Å². The van der Waals surface area contributed by atoms with E-state index in [1.54, 1.807) is 0 Å². The number of allylic oxidation sites excluding steroid dienone is 6. The third-order valence-electron chi connectivity index (χ3n) is 2.96. The maximum Gasteiger partial charge on any atom is 0.119 e. The van der Waals surface area contributed by atoms with E-state index in [1.807, 2.05) is 0 Å². The van der Waals surface area contributed by atoms with Gasteiger partial charge in [-0.3, -0.25) is 0 Å². The summed E-state index contributed by atoms with van der Waals surface area (Å²) in [6.07, 6.45) is 25.7. The molecule has 0 fully saturated rings. The van der Waals surface area contributed by atoms with Crippen LogP contribution in [-0.4, -0.2) is 6.29 Å². The second kappa shape index (κ2) is 16.9. The molecule has 19 heavy (non-hydrogen) atoms. The SMILES string of the molecule is CCCCC=CCC=CCC=CCCCCCC=O. The van der Waals surface area contributed by atoms with Crippen LogP contribution in [0.5, 0.6) is 0 Å². The molecule has 0 spiro atoms. The van der Waals surface area contributed by atoms with E-state index in [4.69, 9.17) is 0 Å². The number of hydrogen-bond donors (Lipinski definition) is 0. The van der Waals surface area contributed by atoms with E-state index in [9.17, 15) is 4.79 Å². The smallest absolute Gasteiger partial charge is 0.119 e. The predicted molar refractivity (Wildman–Crippen MR) is 85.3 cm³/mol. The summed E-state index contributed by atoms with van der Waals surface area (Å²) < 4.78 is 0. The van der Waals surface area contributed by atoms with Crippen LogP contribution in [0.15, 0.2) is 36.5 Å². The Hall–Kier alpha value is -1.11. The van der Waals surface area contributed by atoms with Gasteiger partial charge in [0.15, 0.2) is 0 Å². The molecule has 0 N–H and O–H groups in total. The lowest BCUT2D eigenvalue weighted by Crippen LogP contribution is -1.77. The van der Waals surface area contributed by atoms with Crippen LogP contribution in [0, 0.1) is 0 Å². The summed E-state index contributed by atoms with van der Waals surface area (Å²) in [6.45, 7) is 2.22. The van der Waals surface area contributed by atoms with Gasteiger partial charge in [-0.15, -0.1) is 0 Å². The summed E-state index contributed by atoms with van der Waals surface area (Å²) in [5, 5.41) is 0. The molecule has 0 saturated heterocycles. The zero-order valence-electron chi connectivity index (χ0n) is 12.5. The number of unbranched alkanes of at least 4 members (excludes halogenated alkanes) is 6. The van der Waals surface area contributed by atoms with E-state index >= 15 is 0 Å². The average Bonchev–Trinajstić information content (AvgIpc) is 2.43. The molecule has 1 nitrogen and oxygen atoms in total. The fraction of sp³-hybridized carbons (Fsp3) is 0.611. The molecule has 0 unspecified atom stereocenters. The zero-order chi connectivity index (χ0) is 14.0. The molecule has 108 valence electrons. The molecule has 0 aliphatic rings. The highest BCUT2D eigenvalue weighted by molar-refractivity contribution is 5.48. The van der Waals surface area contributed by atoms with Crippen LogP contribution in [0.2, 0.25) is 0 Å². The first-order valence-electron chi connectivity index (χ1n) is 7.80. The molecule has 0 heterocycles. The molecule has 0 saturated carbocycles. The minimum absolute atomic E-state index is 0.720. The van der Waals surface area contributed by atoms with Crippen LogP contribution in [-0.2, 0) is 4.79 Å². The molecular weight excluding hydrogens is 232 g/mol. The molecular formula is C18H30O. The van der Waals surface area contributed by atoms with Gasteiger partial charge in [0.2, 0.25) is 0 Å². The van der Waals surface area contributed by atoms with Crippen LogP contribution in [0.4, 0.5) is 0 Å². The minimum Gasteiger partial charge on any atom is -0.303 e. The van der Waals surface area contributed by atoms with Crippen LogP contribution >= 0.6 is 0 Å². The first-order chi connectivity index (χ1) is 9.41. The zero-order valence-corrected chi connectivity index (χ0v) is 12.5. The minimum atomic E-state index is 0.720. The third-order valence-corrected chi connectivity index (χ3v) is 2.96. The summed E-state index contributed by atoms with van der Waals surface area (Å²) in [5.74, 6) is 0. The first kappa shape index (κ1) is 17.9. The number of rotatable bonds is 13. The quantitative estimate of drug-likeness (QED) is 0.234. The Morgan fingerprint density at radius 1 is 0.632 bits per heavy atom. The summed E-state index contributed by atoms with van der Waals surface area (Å²) >= 11 is 0. The van der Waals surface area contributed by atoms with Crippen molar-refractivity contribution >= 4 is 6.29 Å². The van der Waals surface area contributed by atoms with Crippen molar-refractivity contribution in [3.63, 3.8) is 0 Å². The molecule has 0 aromatic heterocycles. The van der Waals surface area contributed by atoms with Crippen molar-refractivity contribution < 1.29 is 4.79 Å². The Bertz CT molecular complexity index is 261. The average molecular weight is 262 g/mol. The maximum atomic E-state index is 10.1. The van der Waals surface area contributed by atoms with E-state index in [0.29, 0.717) is 0 Å². The Kier molecular flexibility index (Phi) is 15.9. The Morgan fingerprint density at radius 2 is 1.16 bits per heavy atom. The van der Waals surface area contributed by atoms with Crippen molar-refractivity contribution in [2.24, 2.45) is 0 Å². The molecule has 0 aromatic rings. The molecule has 1 heteroatoms. The highest BCUT2D eigenvalue weighted by Gasteiger charge is 1.85. The van der Waals surface area contributed by atoms with Crippen molar-refractivity contribution in [3.8, 4) is 0 Å². The van der Waals surface area contributed by atoms with E-state index < -0.39 is 0 Å². The summed E-state index contributed by atoms with van der Waals surface area (Å²) in [6, 6.07) is 0. The molecule has 0 atom stereocenters. The topological polar surface area (TPSA) is 17.1 Å². The van der Waals surface area contributed by atoms with Gasteiger partial charge in [0.1, 0.15) is 6.29 Å². The number of carbonyl (C=O) groups is 1. The van der Waals surface area contributed by atoms with Gasteiger partial charge < -0.3 is 4.79 Å². The van der Waals surface area contributed by atoms with Gasteiger partial charge in [-0.2, -0.15) is 0 Å². The van der Waals surface area contributed by atoms with Gasteiger partial charge in [0.05, 0.1) is 0 Å². The number of carbonyl (C=O) groups excluding carboxylic acids is 1. The molecule has 0 amide bonds. The Balaban J connectivity index is 3.27. The molecule has 0 aliphatic heterocycles. The molecule has 0 rings (SSSR count). The fourth-order valence-electron chi connectivity index (χ4n) is 1.77. The van der Waals surface area contributed by atoms with Gasteiger partial charge in [-0.25, -0.2) is 0 Å². The lowest BCUT2D eigenvalue weighted by molar-refractivity contribution is -0.107. The maximum absolute atomic E-state index is 10.1. The van der Waals surface area contributed by atoms with Gasteiger partial charge in [0.25, 0.3) is 0 Å². The van der Waals surface area contributed by atoms with E-state index in [1.165, 1.54) is 32.1 Å². The Labute approximate surface area is 119 Å². The van der Waals surface area contributed by atoms with E-state index in [0.717, 1.165) is 38.4 Å². The van der Waals surface area contributed by atoms with Crippen molar-refractivity contribution in [1.82, 2.24) is 0 Å². The predicted octanol–water partition coefficient (Wildman–Crippen LogP) is 5.77. The first-order valence-corrected chi connectivity index (χ1v) is 7.80. The second-order valence-electron chi connectivity index (χ2n) is 4.83. The van der Waals surface area contributed by atoms with Crippen molar-refractivity contribution in [2.45, 2.75) is 71.1 Å². The normalized spacial score (nSPS) is 12.1. The van der Waals surface area contributed by atoms with Crippen LogP contribution in [0.25, 0.3) is 0 Å². The molecule has 0 aliphatic carbocycles. The van der Waals surface area contributed by atoms with Crippen molar-refractivity contribution in [1.29, 1.82) is 0 Å². The van der Waals surface area contributed by atoms with Crippen LogP contribution in [0.1, 0.15) is 71.1 Å². The number of hydrogen-bond acceptors (Lipinski definition) is 1. The van der Waals surface area contributed by atoms with Crippen LogP contribution < -0.4 is 0 Å². The molecule has 0 aromatic carbocycles. The van der Waals surface area contributed by atoms with Crippen molar-refractivity contribution in [2.75, 3.05) is 0 Å². The second-order valence-corrected chi connectivity index (χ2v) is 4.83. The summed E-state index contributed by atoms with van der Waals surface area (Å²) in [7, 11) is 0. The molecule has 0 bridgehead atoms. The van der Waals surface area contributed by atoms with Gasteiger partial charge >= 0.3 is 0 Å². The highest BCUT2D eigenvalue weighted by atomic mass is 16.1. The standard InChI is InChI=1S/C18H30O/c1-2-3-4-5-6-7-8-9-10-11-12-13-14-15-16-17-18-19/h5-6,8-9,11-12,18H,2-4,7,10,13-17H2,1H3. The van der Waals surface area contributed by atoms with E-state index in [-0.39, 0.29) is 0 Å². The van der Waals surface area contributed by atoms with Crippen molar-refractivity contribution in [3.05, 3.63) is 36.5 Å². The molecule has 0 radical (unpaired) electrons. The summed E-state index contributed by atoms with van der Waals surface area (Å²) in [4.78, 5) is 10.1. The van der Waals surface area contributed by atoms with Gasteiger partial charge in [-0.1, -0.05) is 62.6 Å². The third kappa shape index (κ3) is 16.9. The monoisotopic (exact) mass is 262 g/mol. The number of aldehydes is 1. The lowest BCUT2D eigenvalue weighted by atomic mass is 10.1. The lowest BCUT2D eigenvalue weighted by Gasteiger charge is -1.93. The fourth-order valence-corrected chi connectivity index (χ4v) is 1.77. The largest absolute Gasteiger partial charge is 0.303 e. The van der Waals surface area contributed by atoms with E-state index in [2.05, 4.69) is 43.4 Å². The summed E-state index contributed by atoms with van der Waals surface area (Å²) in [5.41, 5.74) is 0. The highest BCUT2D eigenvalue weighted by Crippen LogP contribution is 2.03.